The quantitative estimate of drug-likeness (QED) is 0.530. The van der Waals surface area contributed by atoms with E-state index < -0.39 is 22.9 Å². The number of rotatable bonds is 6. The minimum Gasteiger partial charge on any atom is -0.340 e. The van der Waals surface area contributed by atoms with Crippen LogP contribution in [0.1, 0.15) is 32.9 Å². The predicted molar refractivity (Wildman–Crippen MR) is 137 cm³/mol. The molecule has 1 saturated heterocycles. The number of hydrogen-bond donors (Lipinski definition) is 3. The average Bonchev–Trinajstić information content (AvgIpc) is 3.28. The second-order valence-corrected chi connectivity index (χ2v) is 11.2. The monoisotopic (exact) mass is 496 g/mol. The standard InChI is InChI=1S/C25H32N6O3S/c1-15-14-19(31(29-15)17-10-7-6-8-11-17)28-23(33)21-25(3,4)35-20-13-9-12-18(24(34)30(20)21)27-22(32)16(2)26-5/h6-12,14,16,18,20-21,26H,13H2,1-5H3,(H,27,32)(H,28,33)/t16-,18+,20+,21+/m0/s1. The lowest BCUT2D eigenvalue weighted by molar-refractivity contribution is -0.141. The normalized spacial score (nSPS) is 24.0. The van der Waals surface area contributed by atoms with E-state index in [0.717, 1.165) is 11.4 Å². The van der Waals surface area contributed by atoms with Crippen molar-refractivity contribution in [3.63, 3.8) is 0 Å². The molecule has 35 heavy (non-hydrogen) atoms. The number of anilines is 1. The molecule has 0 radical (unpaired) electrons. The number of para-hydroxylation sites is 1. The Morgan fingerprint density at radius 3 is 2.63 bits per heavy atom. The van der Waals surface area contributed by atoms with E-state index in [-0.39, 0.29) is 23.1 Å². The Hall–Kier alpha value is -3.11. The van der Waals surface area contributed by atoms with Crippen LogP contribution in [0.4, 0.5) is 5.82 Å². The van der Waals surface area contributed by atoms with Crippen LogP contribution in [-0.2, 0) is 14.4 Å². The summed E-state index contributed by atoms with van der Waals surface area (Å²) in [6.45, 7) is 7.55. The SMILES string of the molecule is CN[C@@H](C)C(=O)N[C@@H]1C=CC[C@H]2SC(C)(C)[C@@H](C(=O)Nc3cc(C)nn3-c3ccccc3)N2C1=O. The Morgan fingerprint density at radius 2 is 1.94 bits per heavy atom. The Balaban J connectivity index is 1.61. The molecule has 186 valence electrons. The summed E-state index contributed by atoms with van der Waals surface area (Å²) in [5, 5.41) is 13.0. The molecule has 1 fully saturated rings. The van der Waals surface area contributed by atoms with E-state index in [9.17, 15) is 14.4 Å². The van der Waals surface area contributed by atoms with Gasteiger partial charge in [-0.05, 0) is 53.3 Å². The summed E-state index contributed by atoms with van der Waals surface area (Å²) in [5.74, 6) is -0.309. The Kier molecular flexibility index (Phi) is 7.05. The van der Waals surface area contributed by atoms with Gasteiger partial charge in [-0.1, -0.05) is 30.4 Å². The fourth-order valence-electron chi connectivity index (χ4n) is 4.49. The van der Waals surface area contributed by atoms with E-state index in [2.05, 4.69) is 21.0 Å². The van der Waals surface area contributed by atoms with Crippen molar-refractivity contribution in [1.82, 2.24) is 25.3 Å². The number of carbonyl (C=O) groups excluding carboxylic acids is 3. The molecule has 0 bridgehead atoms. The van der Waals surface area contributed by atoms with E-state index in [1.54, 1.807) is 41.4 Å². The molecule has 3 heterocycles. The molecule has 10 heteroatoms. The van der Waals surface area contributed by atoms with Crippen LogP contribution in [0.3, 0.4) is 0 Å². The summed E-state index contributed by atoms with van der Waals surface area (Å²) in [6, 6.07) is 9.37. The van der Waals surface area contributed by atoms with Crippen LogP contribution >= 0.6 is 11.8 Å². The van der Waals surface area contributed by atoms with Gasteiger partial charge in [0.2, 0.25) is 11.8 Å². The van der Waals surface area contributed by atoms with Crippen LogP contribution in [0.15, 0.2) is 48.6 Å². The molecule has 3 amide bonds. The van der Waals surface area contributed by atoms with Crippen molar-refractivity contribution in [2.45, 2.75) is 62.4 Å². The number of amides is 3. The van der Waals surface area contributed by atoms with E-state index in [4.69, 9.17) is 0 Å². The van der Waals surface area contributed by atoms with Gasteiger partial charge in [-0.15, -0.1) is 11.8 Å². The molecule has 0 aliphatic carbocycles. The van der Waals surface area contributed by atoms with Crippen molar-refractivity contribution < 1.29 is 14.4 Å². The van der Waals surface area contributed by atoms with Gasteiger partial charge in [0, 0.05) is 10.8 Å². The summed E-state index contributed by atoms with van der Waals surface area (Å²) < 4.78 is 1.16. The number of aromatic nitrogens is 2. The van der Waals surface area contributed by atoms with Gasteiger partial charge in [0.1, 0.15) is 17.9 Å². The highest BCUT2D eigenvalue weighted by Crippen LogP contribution is 2.47. The summed E-state index contributed by atoms with van der Waals surface area (Å²) in [7, 11) is 1.69. The number of nitrogens with zero attached hydrogens (tertiary/aromatic N) is 3. The first-order valence-electron chi connectivity index (χ1n) is 11.7. The molecule has 3 N–H and O–H groups in total. The highest BCUT2D eigenvalue weighted by atomic mass is 32.2. The van der Waals surface area contributed by atoms with Gasteiger partial charge in [0.25, 0.3) is 5.91 Å². The van der Waals surface area contributed by atoms with Crippen molar-refractivity contribution in [3.8, 4) is 5.69 Å². The minimum atomic E-state index is -0.829. The number of likely N-dealkylation sites (N-methyl/N-ethyl adjacent to an activating group) is 1. The topological polar surface area (TPSA) is 108 Å². The van der Waals surface area contributed by atoms with Gasteiger partial charge in [-0.2, -0.15) is 5.10 Å². The molecular weight excluding hydrogens is 464 g/mol. The molecule has 9 nitrogen and oxygen atoms in total. The Labute approximate surface area is 209 Å². The molecule has 1 aromatic carbocycles. The molecule has 2 aliphatic heterocycles. The first kappa shape index (κ1) is 25.0. The van der Waals surface area contributed by atoms with E-state index in [0.29, 0.717) is 12.2 Å². The summed E-state index contributed by atoms with van der Waals surface area (Å²) in [6.07, 6.45) is 4.23. The van der Waals surface area contributed by atoms with Gasteiger partial charge in [-0.3, -0.25) is 14.4 Å². The fourth-order valence-corrected chi connectivity index (χ4v) is 6.09. The number of fused-ring (bicyclic) bond motifs is 1. The zero-order chi connectivity index (χ0) is 25.3. The van der Waals surface area contributed by atoms with Crippen LogP contribution in [0.2, 0.25) is 0 Å². The maximum Gasteiger partial charge on any atom is 0.250 e. The lowest BCUT2D eigenvalue weighted by Gasteiger charge is -2.33. The minimum absolute atomic E-state index is 0.200. The molecule has 1 aromatic heterocycles. The second-order valence-electron chi connectivity index (χ2n) is 9.39. The molecule has 0 spiro atoms. The maximum absolute atomic E-state index is 13.7. The number of nitrogens with one attached hydrogen (secondary N) is 3. The van der Waals surface area contributed by atoms with E-state index in [1.165, 1.54) is 0 Å². The fraction of sp³-hybridized carbons (Fsp3) is 0.440. The third-order valence-electron chi connectivity index (χ3n) is 6.33. The van der Waals surface area contributed by atoms with E-state index >= 15 is 0 Å². The second kappa shape index (κ2) is 9.87. The Bertz CT molecular complexity index is 1150. The van der Waals surface area contributed by atoms with Crippen LogP contribution < -0.4 is 16.0 Å². The van der Waals surface area contributed by atoms with Gasteiger partial charge < -0.3 is 20.9 Å². The smallest absolute Gasteiger partial charge is 0.250 e. The molecule has 0 unspecified atom stereocenters. The van der Waals surface area contributed by atoms with Crippen LogP contribution in [0.25, 0.3) is 5.69 Å². The molecule has 4 atom stereocenters. The van der Waals surface area contributed by atoms with Crippen molar-refractivity contribution in [3.05, 3.63) is 54.2 Å². The lowest BCUT2D eigenvalue weighted by Crippen LogP contribution is -2.58. The molecule has 4 rings (SSSR count). The lowest BCUT2D eigenvalue weighted by atomic mass is 9.99. The highest BCUT2D eigenvalue weighted by molar-refractivity contribution is 8.01. The zero-order valence-corrected chi connectivity index (χ0v) is 21.4. The van der Waals surface area contributed by atoms with Gasteiger partial charge in [-0.25, -0.2) is 4.68 Å². The van der Waals surface area contributed by atoms with Crippen LogP contribution in [0, 0.1) is 6.92 Å². The van der Waals surface area contributed by atoms with Gasteiger partial charge in [0.05, 0.1) is 22.8 Å². The van der Waals surface area contributed by atoms with Gasteiger partial charge in [0.15, 0.2) is 0 Å². The molecule has 0 saturated carbocycles. The maximum atomic E-state index is 13.7. The number of aryl methyl sites for hydroxylation is 1. The van der Waals surface area contributed by atoms with Crippen LogP contribution in [-0.4, -0.2) is 67.7 Å². The predicted octanol–water partition coefficient (Wildman–Crippen LogP) is 2.22. The number of hydrogen-bond acceptors (Lipinski definition) is 6. The number of thioether (sulfide) groups is 1. The van der Waals surface area contributed by atoms with Crippen molar-refractivity contribution in [1.29, 1.82) is 0 Å². The highest BCUT2D eigenvalue weighted by Gasteiger charge is 2.54. The van der Waals surface area contributed by atoms with Gasteiger partial charge >= 0.3 is 0 Å². The Morgan fingerprint density at radius 1 is 1.23 bits per heavy atom. The molecular formula is C25H32N6O3S. The van der Waals surface area contributed by atoms with Crippen LogP contribution in [0.5, 0.6) is 0 Å². The van der Waals surface area contributed by atoms with Crippen molar-refractivity contribution in [2.24, 2.45) is 0 Å². The zero-order valence-electron chi connectivity index (χ0n) is 20.6. The largest absolute Gasteiger partial charge is 0.340 e. The van der Waals surface area contributed by atoms with Crippen molar-refractivity contribution in [2.75, 3.05) is 12.4 Å². The third kappa shape index (κ3) is 4.99. The van der Waals surface area contributed by atoms with E-state index in [1.807, 2.05) is 63.2 Å². The average molecular weight is 497 g/mol. The first-order valence-corrected chi connectivity index (χ1v) is 12.6. The summed E-state index contributed by atoms with van der Waals surface area (Å²) in [4.78, 5) is 41.5. The molecule has 2 aliphatic rings. The number of benzene rings is 1. The number of carbonyl (C=O) groups is 3. The van der Waals surface area contributed by atoms with Crippen molar-refractivity contribution >= 4 is 35.3 Å². The summed E-state index contributed by atoms with van der Waals surface area (Å²) >= 11 is 1.60. The summed E-state index contributed by atoms with van der Waals surface area (Å²) in [5.41, 5.74) is 1.59. The third-order valence-corrected chi connectivity index (χ3v) is 7.85. The molecule has 2 aromatic rings. The first-order chi connectivity index (χ1) is 16.6.